The van der Waals surface area contributed by atoms with E-state index in [0.29, 0.717) is 17.9 Å². The molecule has 80 valence electrons. The van der Waals surface area contributed by atoms with E-state index in [4.69, 9.17) is 5.73 Å². The van der Waals surface area contributed by atoms with Gasteiger partial charge in [0.25, 0.3) is 0 Å². The van der Waals surface area contributed by atoms with Gasteiger partial charge in [-0.05, 0) is 36.7 Å². The monoisotopic (exact) mass is 193 g/mol. The number of nitrogens with two attached hydrogens (primary N) is 1. The molecule has 0 saturated carbocycles. The smallest absolute Gasteiger partial charge is 0.0107 e. The fraction of sp³-hybridized carbons (Fsp3) is 0.692. The van der Waals surface area contributed by atoms with Gasteiger partial charge in [-0.1, -0.05) is 39.0 Å². The molecule has 1 heteroatoms. The summed E-state index contributed by atoms with van der Waals surface area (Å²) in [4.78, 5) is 0. The maximum atomic E-state index is 6.17. The molecule has 0 heterocycles. The van der Waals surface area contributed by atoms with E-state index in [9.17, 15) is 0 Å². The first-order valence-electron chi connectivity index (χ1n) is 5.73. The molecule has 0 radical (unpaired) electrons. The van der Waals surface area contributed by atoms with Crippen molar-refractivity contribution in [2.45, 2.75) is 46.1 Å². The molecule has 0 aromatic carbocycles. The van der Waals surface area contributed by atoms with Crippen molar-refractivity contribution in [3.63, 3.8) is 0 Å². The third-order valence-electron chi connectivity index (χ3n) is 2.94. The van der Waals surface area contributed by atoms with E-state index in [1.54, 1.807) is 0 Å². The predicted molar refractivity (Wildman–Crippen MR) is 63.1 cm³/mol. The van der Waals surface area contributed by atoms with Crippen LogP contribution >= 0.6 is 0 Å². The first-order valence-corrected chi connectivity index (χ1v) is 5.73. The van der Waals surface area contributed by atoms with Crippen molar-refractivity contribution in [3.05, 3.63) is 23.8 Å². The maximum Gasteiger partial charge on any atom is 0.0107 e. The largest absolute Gasteiger partial charge is 0.327 e. The minimum Gasteiger partial charge on any atom is -0.327 e. The van der Waals surface area contributed by atoms with Gasteiger partial charge in [-0.2, -0.15) is 0 Å². The Labute approximate surface area is 88.1 Å². The summed E-state index contributed by atoms with van der Waals surface area (Å²) in [5, 5.41) is 0. The molecule has 0 aliphatic heterocycles. The fourth-order valence-electron chi connectivity index (χ4n) is 1.97. The van der Waals surface area contributed by atoms with E-state index in [1.165, 1.54) is 18.4 Å². The van der Waals surface area contributed by atoms with Crippen molar-refractivity contribution in [3.8, 4) is 0 Å². The molecular weight excluding hydrogens is 170 g/mol. The third-order valence-corrected chi connectivity index (χ3v) is 2.94. The van der Waals surface area contributed by atoms with Gasteiger partial charge in [0.15, 0.2) is 0 Å². The SMILES string of the molecule is CC(C)CC(N)C(C)C1=CCCC=C1. The molecule has 0 aromatic rings. The van der Waals surface area contributed by atoms with E-state index < -0.39 is 0 Å². The zero-order valence-corrected chi connectivity index (χ0v) is 9.66. The minimum absolute atomic E-state index is 0.309. The van der Waals surface area contributed by atoms with E-state index in [2.05, 4.69) is 39.0 Å². The molecule has 1 aliphatic rings. The van der Waals surface area contributed by atoms with Crippen molar-refractivity contribution in [2.75, 3.05) is 0 Å². The van der Waals surface area contributed by atoms with Gasteiger partial charge >= 0.3 is 0 Å². The molecule has 2 N–H and O–H groups in total. The quantitative estimate of drug-likeness (QED) is 0.728. The van der Waals surface area contributed by atoms with Crippen LogP contribution in [0.5, 0.6) is 0 Å². The fourth-order valence-corrected chi connectivity index (χ4v) is 1.97. The Morgan fingerprint density at radius 2 is 2.00 bits per heavy atom. The molecule has 0 fully saturated rings. The van der Waals surface area contributed by atoms with Gasteiger partial charge in [-0.15, -0.1) is 0 Å². The second-order valence-corrected chi connectivity index (χ2v) is 4.77. The van der Waals surface area contributed by atoms with Crippen molar-refractivity contribution < 1.29 is 0 Å². The van der Waals surface area contributed by atoms with Gasteiger partial charge in [0, 0.05) is 6.04 Å². The van der Waals surface area contributed by atoms with Gasteiger partial charge < -0.3 is 5.73 Å². The summed E-state index contributed by atoms with van der Waals surface area (Å²) in [6, 6.07) is 0.309. The van der Waals surface area contributed by atoms with Crippen molar-refractivity contribution in [1.82, 2.24) is 0 Å². The molecule has 1 aliphatic carbocycles. The molecule has 0 amide bonds. The van der Waals surface area contributed by atoms with Gasteiger partial charge in [0.05, 0.1) is 0 Å². The predicted octanol–water partition coefficient (Wildman–Crippen LogP) is 3.27. The highest BCUT2D eigenvalue weighted by molar-refractivity contribution is 5.25. The number of hydrogen-bond acceptors (Lipinski definition) is 1. The van der Waals surface area contributed by atoms with E-state index >= 15 is 0 Å². The average Bonchev–Trinajstić information content (AvgIpc) is 2.17. The lowest BCUT2D eigenvalue weighted by molar-refractivity contribution is 0.423. The Bertz CT molecular complexity index is 225. The maximum absolute atomic E-state index is 6.17. The van der Waals surface area contributed by atoms with Crippen LogP contribution in [-0.2, 0) is 0 Å². The van der Waals surface area contributed by atoms with Gasteiger partial charge in [-0.3, -0.25) is 0 Å². The number of rotatable bonds is 4. The number of allylic oxidation sites excluding steroid dienone is 3. The molecule has 2 unspecified atom stereocenters. The highest BCUT2D eigenvalue weighted by Gasteiger charge is 2.17. The van der Waals surface area contributed by atoms with Crippen molar-refractivity contribution >= 4 is 0 Å². The standard InChI is InChI=1S/C13H23N/c1-10(2)9-13(14)11(3)12-7-5-4-6-8-12/h5,7-8,10-11,13H,4,6,9,14H2,1-3H3. The molecule has 14 heavy (non-hydrogen) atoms. The van der Waals surface area contributed by atoms with Crippen LogP contribution in [0.2, 0.25) is 0 Å². The minimum atomic E-state index is 0.309. The average molecular weight is 193 g/mol. The van der Waals surface area contributed by atoms with Gasteiger partial charge in [0.2, 0.25) is 0 Å². The Hall–Kier alpha value is -0.560. The lowest BCUT2D eigenvalue weighted by Crippen LogP contribution is -2.30. The zero-order valence-electron chi connectivity index (χ0n) is 9.66. The molecule has 1 rings (SSSR count). The van der Waals surface area contributed by atoms with Crippen LogP contribution in [0.15, 0.2) is 23.8 Å². The molecule has 2 atom stereocenters. The highest BCUT2D eigenvalue weighted by Crippen LogP contribution is 2.23. The first-order chi connectivity index (χ1) is 6.61. The van der Waals surface area contributed by atoms with E-state index in [-0.39, 0.29) is 0 Å². The molecular formula is C13H23N. The van der Waals surface area contributed by atoms with Crippen LogP contribution in [0.3, 0.4) is 0 Å². The molecule has 0 spiro atoms. The number of hydrogen-bond donors (Lipinski definition) is 1. The lowest BCUT2D eigenvalue weighted by atomic mass is 9.86. The normalized spacial score (nSPS) is 20.8. The van der Waals surface area contributed by atoms with Gasteiger partial charge in [-0.25, -0.2) is 0 Å². The molecule has 0 saturated heterocycles. The molecule has 0 aromatic heterocycles. The van der Waals surface area contributed by atoms with Crippen LogP contribution in [0.1, 0.15) is 40.0 Å². The Morgan fingerprint density at radius 1 is 1.29 bits per heavy atom. The van der Waals surface area contributed by atoms with Crippen molar-refractivity contribution in [2.24, 2.45) is 17.6 Å². The Kier molecular flexibility index (Phi) is 4.40. The molecule has 1 nitrogen and oxygen atoms in total. The Balaban J connectivity index is 2.51. The summed E-state index contributed by atoms with van der Waals surface area (Å²) in [6.07, 6.45) is 10.3. The van der Waals surface area contributed by atoms with Crippen LogP contribution < -0.4 is 5.73 Å². The van der Waals surface area contributed by atoms with E-state index in [1.807, 2.05) is 0 Å². The van der Waals surface area contributed by atoms with Crippen LogP contribution in [0.25, 0.3) is 0 Å². The summed E-state index contributed by atoms with van der Waals surface area (Å²) < 4.78 is 0. The Morgan fingerprint density at radius 3 is 2.50 bits per heavy atom. The first kappa shape index (κ1) is 11.5. The van der Waals surface area contributed by atoms with Crippen LogP contribution in [0.4, 0.5) is 0 Å². The van der Waals surface area contributed by atoms with Crippen molar-refractivity contribution in [1.29, 1.82) is 0 Å². The second kappa shape index (κ2) is 5.35. The summed E-state index contributed by atoms with van der Waals surface area (Å²) in [7, 11) is 0. The summed E-state index contributed by atoms with van der Waals surface area (Å²) in [5.41, 5.74) is 7.61. The summed E-state index contributed by atoms with van der Waals surface area (Å²) >= 11 is 0. The van der Waals surface area contributed by atoms with Crippen LogP contribution in [0, 0.1) is 11.8 Å². The van der Waals surface area contributed by atoms with Gasteiger partial charge in [0.1, 0.15) is 0 Å². The second-order valence-electron chi connectivity index (χ2n) is 4.77. The lowest BCUT2D eigenvalue weighted by Gasteiger charge is -2.24. The summed E-state index contributed by atoms with van der Waals surface area (Å²) in [5.74, 6) is 1.20. The molecule has 0 bridgehead atoms. The zero-order chi connectivity index (χ0) is 10.6. The highest BCUT2D eigenvalue weighted by atomic mass is 14.6. The third kappa shape index (κ3) is 3.30. The van der Waals surface area contributed by atoms with E-state index in [0.717, 1.165) is 6.42 Å². The summed E-state index contributed by atoms with van der Waals surface area (Å²) in [6.45, 7) is 6.71. The van der Waals surface area contributed by atoms with Crippen LogP contribution in [-0.4, -0.2) is 6.04 Å². The topological polar surface area (TPSA) is 26.0 Å².